The van der Waals surface area contributed by atoms with Gasteiger partial charge in [0.2, 0.25) is 0 Å². The lowest BCUT2D eigenvalue weighted by Crippen LogP contribution is -2.09. The first-order valence-electron chi connectivity index (χ1n) is 6.68. The SMILES string of the molecule is C1CCC(CCCC2SCCCS2)CC1. The summed E-state index contributed by atoms with van der Waals surface area (Å²) in [6.45, 7) is 0. The molecule has 0 bridgehead atoms. The maximum Gasteiger partial charge on any atom is 0.0502 e. The molecule has 0 spiro atoms. The Balaban J connectivity index is 1.53. The minimum atomic E-state index is 0.947. The van der Waals surface area contributed by atoms with Gasteiger partial charge < -0.3 is 0 Å². The van der Waals surface area contributed by atoms with Crippen molar-refractivity contribution in [3.8, 4) is 0 Å². The summed E-state index contributed by atoms with van der Waals surface area (Å²) in [6, 6.07) is 0. The molecule has 2 fully saturated rings. The van der Waals surface area contributed by atoms with Crippen molar-refractivity contribution in [1.29, 1.82) is 0 Å². The fourth-order valence-corrected chi connectivity index (χ4v) is 5.71. The third-order valence-corrected chi connectivity index (χ3v) is 6.75. The van der Waals surface area contributed by atoms with E-state index in [0.717, 1.165) is 10.5 Å². The van der Waals surface area contributed by atoms with Crippen LogP contribution in [0.3, 0.4) is 0 Å². The Kier molecular flexibility index (Phi) is 5.77. The molecule has 1 saturated heterocycles. The van der Waals surface area contributed by atoms with Gasteiger partial charge in [-0.25, -0.2) is 0 Å². The molecule has 2 heteroatoms. The standard InChI is InChI=1S/C13H24S2/c1-2-6-12(7-3-1)8-4-9-13-14-10-5-11-15-13/h12-13H,1-11H2. The predicted molar refractivity (Wildman–Crippen MR) is 73.7 cm³/mol. The van der Waals surface area contributed by atoms with Crippen LogP contribution >= 0.6 is 23.5 Å². The van der Waals surface area contributed by atoms with Crippen LogP contribution in [-0.2, 0) is 0 Å². The van der Waals surface area contributed by atoms with Gasteiger partial charge in [0.25, 0.3) is 0 Å². The molecule has 2 rings (SSSR count). The summed E-state index contributed by atoms with van der Waals surface area (Å²) in [5.41, 5.74) is 0. The van der Waals surface area contributed by atoms with Gasteiger partial charge in [-0.2, -0.15) is 0 Å². The quantitative estimate of drug-likeness (QED) is 0.687. The molecule has 1 heterocycles. The molecule has 0 nitrogen and oxygen atoms in total. The third kappa shape index (κ3) is 4.60. The normalized spacial score (nSPS) is 25.6. The smallest absolute Gasteiger partial charge is 0.0502 e. The molecular formula is C13H24S2. The highest BCUT2D eigenvalue weighted by Gasteiger charge is 2.16. The van der Waals surface area contributed by atoms with Crippen molar-refractivity contribution >= 4 is 23.5 Å². The lowest BCUT2D eigenvalue weighted by Gasteiger charge is -2.24. The van der Waals surface area contributed by atoms with Gasteiger partial charge in [0.1, 0.15) is 0 Å². The van der Waals surface area contributed by atoms with E-state index in [1.54, 1.807) is 0 Å². The van der Waals surface area contributed by atoms with Crippen LogP contribution in [-0.4, -0.2) is 16.1 Å². The van der Waals surface area contributed by atoms with E-state index in [4.69, 9.17) is 0 Å². The Labute approximate surface area is 103 Å². The maximum absolute atomic E-state index is 2.21. The van der Waals surface area contributed by atoms with Crippen LogP contribution in [0.15, 0.2) is 0 Å². The molecule has 0 aromatic rings. The van der Waals surface area contributed by atoms with Crippen molar-refractivity contribution in [2.45, 2.75) is 62.4 Å². The third-order valence-electron chi connectivity index (χ3n) is 3.67. The zero-order chi connectivity index (χ0) is 10.3. The van der Waals surface area contributed by atoms with E-state index in [2.05, 4.69) is 23.5 Å². The lowest BCUT2D eigenvalue weighted by molar-refractivity contribution is 0.331. The van der Waals surface area contributed by atoms with Crippen molar-refractivity contribution < 1.29 is 0 Å². The minimum absolute atomic E-state index is 0.947. The molecule has 1 saturated carbocycles. The van der Waals surface area contributed by atoms with Crippen molar-refractivity contribution in [3.05, 3.63) is 0 Å². The largest absolute Gasteiger partial charge is 0.148 e. The van der Waals surface area contributed by atoms with Crippen molar-refractivity contribution in [2.75, 3.05) is 11.5 Å². The maximum atomic E-state index is 2.21. The summed E-state index contributed by atoms with van der Waals surface area (Å²) >= 11 is 4.43. The Morgan fingerprint density at radius 3 is 2.27 bits per heavy atom. The van der Waals surface area contributed by atoms with E-state index >= 15 is 0 Å². The van der Waals surface area contributed by atoms with Crippen LogP contribution in [0.1, 0.15) is 57.8 Å². The van der Waals surface area contributed by atoms with Crippen LogP contribution in [0.25, 0.3) is 0 Å². The Hall–Kier alpha value is 0.700. The molecule has 0 atom stereocenters. The summed E-state index contributed by atoms with van der Waals surface area (Å²) in [4.78, 5) is 0. The molecule has 0 amide bonds. The van der Waals surface area contributed by atoms with Crippen LogP contribution < -0.4 is 0 Å². The molecule has 0 unspecified atom stereocenters. The zero-order valence-corrected chi connectivity index (χ0v) is 11.4. The van der Waals surface area contributed by atoms with E-state index in [-0.39, 0.29) is 0 Å². The van der Waals surface area contributed by atoms with Gasteiger partial charge in [-0.15, -0.1) is 23.5 Å². The van der Waals surface area contributed by atoms with Crippen LogP contribution in [0.2, 0.25) is 0 Å². The van der Waals surface area contributed by atoms with Crippen molar-refractivity contribution in [2.24, 2.45) is 5.92 Å². The molecule has 15 heavy (non-hydrogen) atoms. The average molecular weight is 244 g/mol. The second kappa shape index (κ2) is 7.11. The fourth-order valence-electron chi connectivity index (χ4n) is 2.75. The van der Waals surface area contributed by atoms with E-state index in [9.17, 15) is 0 Å². The van der Waals surface area contributed by atoms with Crippen LogP contribution in [0.5, 0.6) is 0 Å². The highest BCUT2D eigenvalue weighted by Crippen LogP contribution is 2.35. The highest BCUT2D eigenvalue weighted by molar-refractivity contribution is 8.17. The van der Waals surface area contributed by atoms with Gasteiger partial charge in [-0.1, -0.05) is 44.9 Å². The summed E-state index contributed by atoms with van der Waals surface area (Å²) < 4.78 is 0.947. The summed E-state index contributed by atoms with van der Waals surface area (Å²) in [6.07, 6.45) is 13.5. The monoisotopic (exact) mass is 244 g/mol. The molecular weight excluding hydrogens is 220 g/mol. The zero-order valence-electron chi connectivity index (χ0n) is 9.75. The Morgan fingerprint density at radius 1 is 0.800 bits per heavy atom. The first-order valence-corrected chi connectivity index (χ1v) is 8.78. The highest BCUT2D eigenvalue weighted by atomic mass is 32.2. The Morgan fingerprint density at radius 2 is 1.53 bits per heavy atom. The summed E-state index contributed by atoms with van der Waals surface area (Å²) in [5.74, 6) is 3.93. The number of thioether (sulfide) groups is 2. The molecule has 2 aliphatic rings. The van der Waals surface area contributed by atoms with Crippen LogP contribution in [0, 0.1) is 5.92 Å². The lowest BCUT2D eigenvalue weighted by atomic mass is 9.86. The first-order chi connectivity index (χ1) is 7.45. The topological polar surface area (TPSA) is 0 Å². The molecule has 1 aliphatic heterocycles. The second-order valence-corrected chi connectivity index (χ2v) is 7.88. The second-order valence-electron chi connectivity index (χ2n) is 4.96. The molecule has 1 aliphatic carbocycles. The minimum Gasteiger partial charge on any atom is -0.148 e. The van der Waals surface area contributed by atoms with Gasteiger partial charge in [-0.05, 0) is 30.3 Å². The fraction of sp³-hybridized carbons (Fsp3) is 1.00. The van der Waals surface area contributed by atoms with E-state index in [1.807, 2.05) is 0 Å². The van der Waals surface area contributed by atoms with Crippen molar-refractivity contribution in [1.82, 2.24) is 0 Å². The Bertz CT molecular complexity index is 140. The molecule has 88 valence electrons. The van der Waals surface area contributed by atoms with E-state index in [1.165, 1.54) is 69.3 Å². The first kappa shape index (κ1) is 12.2. The van der Waals surface area contributed by atoms with Gasteiger partial charge in [-0.3, -0.25) is 0 Å². The molecule has 0 aromatic carbocycles. The van der Waals surface area contributed by atoms with Gasteiger partial charge in [0, 0.05) is 0 Å². The van der Waals surface area contributed by atoms with Crippen LogP contribution in [0.4, 0.5) is 0 Å². The van der Waals surface area contributed by atoms with Gasteiger partial charge >= 0.3 is 0 Å². The predicted octanol–water partition coefficient (Wildman–Crippen LogP) is 4.93. The summed E-state index contributed by atoms with van der Waals surface area (Å²) in [5, 5.41) is 0. The van der Waals surface area contributed by atoms with E-state index in [0.29, 0.717) is 0 Å². The molecule has 0 N–H and O–H groups in total. The number of hydrogen-bond acceptors (Lipinski definition) is 2. The molecule has 0 aromatic heterocycles. The average Bonchev–Trinajstić information content (AvgIpc) is 2.32. The van der Waals surface area contributed by atoms with Gasteiger partial charge in [0.15, 0.2) is 0 Å². The van der Waals surface area contributed by atoms with Crippen molar-refractivity contribution in [3.63, 3.8) is 0 Å². The number of hydrogen-bond donors (Lipinski definition) is 0. The van der Waals surface area contributed by atoms with E-state index < -0.39 is 0 Å². The van der Waals surface area contributed by atoms with Gasteiger partial charge in [0.05, 0.1) is 4.58 Å². The molecule has 0 radical (unpaired) electrons. The summed E-state index contributed by atoms with van der Waals surface area (Å²) in [7, 11) is 0. The number of rotatable bonds is 4.